The van der Waals surface area contributed by atoms with Crippen molar-refractivity contribution in [2.45, 2.75) is 58.5 Å². The first-order chi connectivity index (χ1) is 9.47. The maximum absolute atomic E-state index is 11.6. The van der Waals surface area contributed by atoms with Gasteiger partial charge in [0.2, 0.25) is 11.8 Å². The van der Waals surface area contributed by atoms with Gasteiger partial charge in [-0.1, -0.05) is 20.3 Å². The minimum Gasteiger partial charge on any atom is -0.393 e. The summed E-state index contributed by atoms with van der Waals surface area (Å²) in [6.45, 7) is 4.78. The molecule has 2 unspecified atom stereocenters. The SMILES string of the molecule is CC(C)CCC(=O)NCC(=O)NCC1CCCC(O)C1. The highest BCUT2D eigenvalue weighted by atomic mass is 16.3. The zero-order valence-electron chi connectivity index (χ0n) is 12.7. The van der Waals surface area contributed by atoms with E-state index in [4.69, 9.17) is 0 Å². The number of nitrogens with one attached hydrogen (secondary N) is 2. The van der Waals surface area contributed by atoms with Crippen LogP contribution in [0.2, 0.25) is 0 Å². The summed E-state index contributed by atoms with van der Waals surface area (Å²) in [6, 6.07) is 0. The molecule has 20 heavy (non-hydrogen) atoms. The van der Waals surface area contributed by atoms with Gasteiger partial charge in [-0.15, -0.1) is 0 Å². The van der Waals surface area contributed by atoms with Gasteiger partial charge in [-0.3, -0.25) is 9.59 Å². The topological polar surface area (TPSA) is 78.4 Å². The molecule has 1 rings (SSSR count). The van der Waals surface area contributed by atoms with E-state index < -0.39 is 0 Å². The van der Waals surface area contributed by atoms with Crippen LogP contribution in [-0.4, -0.2) is 36.1 Å². The number of hydrogen-bond donors (Lipinski definition) is 3. The second-order valence-corrected chi connectivity index (χ2v) is 6.20. The van der Waals surface area contributed by atoms with Crippen LogP contribution < -0.4 is 10.6 Å². The van der Waals surface area contributed by atoms with E-state index in [1.165, 1.54) is 0 Å². The molecule has 0 saturated heterocycles. The lowest BCUT2D eigenvalue weighted by atomic mass is 9.87. The Morgan fingerprint density at radius 3 is 2.60 bits per heavy atom. The number of carbonyl (C=O) groups is 2. The first kappa shape index (κ1) is 17.0. The van der Waals surface area contributed by atoms with E-state index >= 15 is 0 Å². The van der Waals surface area contributed by atoms with Crippen molar-refractivity contribution < 1.29 is 14.7 Å². The molecule has 1 aliphatic rings. The summed E-state index contributed by atoms with van der Waals surface area (Å²) in [7, 11) is 0. The second kappa shape index (κ2) is 8.95. The third-order valence-electron chi connectivity index (χ3n) is 3.74. The normalized spacial score (nSPS) is 22.6. The van der Waals surface area contributed by atoms with Gasteiger partial charge in [0.25, 0.3) is 0 Å². The Kier molecular flexibility index (Phi) is 7.59. The molecule has 2 atom stereocenters. The first-order valence-corrected chi connectivity index (χ1v) is 7.68. The standard InChI is InChI=1S/C15H28N2O3/c1-11(2)6-7-14(19)17-10-15(20)16-9-12-4-3-5-13(18)8-12/h11-13,18H,3-10H2,1-2H3,(H,16,20)(H,17,19). The Morgan fingerprint density at radius 2 is 1.95 bits per heavy atom. The van der Waals surface area contributed by atoms with Crippen LogP contribution >= 0.6 is 0 Å². The Morgan fingerprint density at radius 1 is 1.20 bits per heavy atom. The molecule has 0 bridgehead atoms. The molecule has 0 aromatic heterocycles. The molecule has 1 fully saturated rings. The number of rotatable bonds is 7. The quantitative estimate of drug-likeness (QED) is 0.657. The molecule has 0 aliphatic heterocycles. The fourth-order valence-corrected chi connectivity index (χ4v) is 2.46. The summed E-state index contributed by atoms with van der Waals surface area (Å²) >= 11 is 0. The van der Waals surface area contributed by atoms with Gasteiger partial charge in [0.05, 0.1) is 12.6 Å². The Labute approximate surface area is 121 Å². The summed E-state index contributed by atoms with van der Waals surface area (Å²) in [4.78, 5) is 23.1. The third kappa shape index (κ3) is 7.48. The Balaban J connectivity index is 2.09. The maximum atomic E-state index is 11.6. The van der Waals surface area contributed by atoms with E-state index in [9.17, 15) is 14.7 Å². The van der Waals surface area contributed by atoms with Crippen LogP contribution in [0.15, 0.2) is 0 Å². The lowest BCUT2D eigenvalue weighted by Gasteiger charge is -2.25. The zero-order chi connectivity index (χ0) is 15.0. The number of amides is 2. The Hall–Kier alpha value is -1.10. The largest absolute Gasteiger partial charge is 0.393 e. The summed E-state index contributed by atoms with van der Waals surface area (Å²) in [5.74, 6) is 0.636. The molecule has 0 aromatic rings. The molecule has 3 N–H and O–H groups in total. The van der Waals surface area contributed by atoms with Crippen LogP contribution in [0.25, 0.3) is 0 Å². The van der Waals surface area contributed by atoms with Crippen molar-refractivity contribution in [3.8, 4) is 0 Å². The number of aliphatic hydroxyl groups excluding tert-OH is 1. The number of aliphatic hydroxyl groups is 1. The lowest BCUT2D eigenvalue weighted by Crippen LogP contribution is -2.39. The van der Waals surface area contributed by atoms with Gasteiger partial charge < -0.3 is 15.7 Å². The summed E-state index contributed by atoms with van der Waals surface area (Å²) < 4.78 is 0. The van der Waals surface area contributed by atoms with Crippen molar-refractivity contribution >= 4 is 11.8 Å². The summed E-state index contributed by atoms with van der Waals surface area (Å²) in [5.41, 5.74) is 0. The average molecular weight is 284 g/mol. The fourth-order valence-electron chi connectivity index (χ4n) is 2.46. The van der Waals surface area contributed by atoms with Gasteiger partial charge in [-0.25, -0.2) is 0 Å². The minimum absolute atomic E-state index is 0.0478. The molecule has 0 radical (unpaired) electrons. The van der Waals surface area contributed by atoms with Crippen molar-refractivity contribution in [1.29, 1.82) is 0 Å². The van der Waals surface area contributed by atoms with Gasteiger partial charge in [0.1, 0.15) is 0 Å². The molecular weight excluding hydrogens is 256 g/mol. The molecule has 5 nitrogen and oxygen atoms in total. The molecule has 2 amide bonds. The zero-order valence-corrected chi connectivity index (χ0v) is 12.7. The van der Waals surface area contributed by atoms with Gasteiger partial charge in [-0.05, 0) is 37.5 Å². The van der Waals surface area contributed by atoms with Crippen molar-refractivity contribution in [2.75, 3.05) is 13.1 Å². The monoisotopic (exact) mass is 284 g/mol. The van der Waals surface area contributed by atoms with E-state index in [0.29, 0.717) is 24.8 Å². The highest BCUT2D eigenvalue weighted by molar-refractivity contribution is 5.84. The predicted molar refractivity (Wildman–Crippen MR) is 78.1 cm³/mol. The highest BCUT2D eigenvalue weighted by Gasteiger charge is 2.20. The summed E-state index contributed by atoms with van der Waals surface area (Å²) in [6.07, 6.45) is 4.80. The van der Waals surface area contributed by atoms with Crippen LogP contribution in [0.5, 0.6) is 0 Å². The van der Waals surface area contributed by atoms with Crippen molar-refractivity contribution in [3.05, 3.63) is 0 Å². The summed E-state index contributed by atoms with van der Waals surface area (Å²) in [5, 5.41) is 15.0. The van der Waals surface area contributed by atoms with Crippen LogP contribution in [-0.2, 0) is 9.59 Å². The predicted octanol–water partition coefficient (Wildman–Crippen LogP) is 1.21. The molecule has 5 heteroatoms. The van der Waals surface area contributed by atoms with Crippen LogP contribution in [0.3, 0.4) is 0 Å². The van der Waals surface area contributed by atoms with E-state index in [2.05, 4.69) is 24.5 Å². The third-order valence-corrected chi connectivity index (χ3v) is 3.74. The van der Waals surface area contributed by atoms with Gasteiger partial charge in [0.15, 0.2) is 0 Å². The number of carbonyl (C=O) groups excluding carboxylic acids is 2. The van der Waals surface area contributed by atoms with E-state index in [0.717, 1.165) is 32.1 Å². The molecule has 0 heterocycles. The maximum Gasteiger partial charge on any atom is 0.239 e. The van der Waals surface area contributed by atoms with Crippen molar-refractivity contribution in [1.82, 2.24) is 10.6 Å². The van der Waals surface area contributed by atoms with Crippen LogP contribution in [0.4, 0.5) is 0 Å². The lowest BCUT2D eigenvalue weighted by molar-refractivity contribution is -0.126. The first-order valence-electron chi connectivity index (χ1n) is 7.68. The average Bonchev–Trinajstić information content (AvgIpc) is 2.40. The van der Waals surface area contributed by atoms with Gasteiger partial charge >= 0.3 is 0 Å². The van der Waals surface area contributed by atoms with Gasteiger partial charge in [-0.2, -0.15) is 0 Å². The second-order valence-electron chi connectivity index (χ2n) is 6.20. The van der Waals surface area contributed by atoms with Crippen molar-refractivity contribution in [3.63, 3.8) is 0 Å². The highest BCUT2D eigenvalue weighted by Crippen LogP contribution is 2.23. The number of hydrogen-bond acceptors (Lipinski definition) is 3. The molecule has 1 saturated carbocycles. The fraction of sp³-hybridized carbons (Fsp3) is 0.867. The molecule has 1 aliphatic carbocycles. The van der Waals surface area contributed by atoms with Crippen LogP contribution in [0, 0.1) is 11.8 Å². The van der Waals surface area contributed by atoms with Gasteiger partial charge in [0, 0.05) is 13.0 Å². The smallest absolute Gasteiger partial charge is 0.239 e. The van der Waals surface area contributed by atoms with Crippen molar-refractivity contribution in [2.24, 2.45) is 11.8 Å². The van der Waals surface area contributed by atoms with E-state index in [-0.39, 0.29) is 24.5 Å². The molecular formula is C15H28N2O3. The van der Waals surface area contributed by atoms with E-state index in [1.54, 1.807) is 0 Å². The molecule has 0 aromatic carbocycles. The Bertz CT molecular complexity index is 318. The minimum atomic E-state index is -0.221. The molecule has 0 spiro atoms. The molecule has 116 valence electrons. The van der Waals surface area contributed by atoms with Crippen LogP contribution in [0.1, 0.15) is 52.4 Å². The van der Waals surface area contributed by atoms with E-state index in [1.807, 2.05) is 0 Å².